The fourth-order valence-corrected chi connectivity index (χ4v) is 2.30. The van der Waals surface area contributed by atoms with E-state index in [-0.39, 0.29) is 23.8 Å². The monoisotopic (exact) mass is 274 g/mol. The van der Waals surface area contributed by atoms with E-state index >= 15 is 0 Å². The van der Waals surface area contributed by atoms with Gasteiger partial charge in [0.2, 0.25) is 11.8 Å². The molecule has 1 aliphatic rings. The maximum absolute atomic E-state index is 12.4. The molecule has 108 valence electrons. The van der Waals surface area contributed by atoms with Crippen LogP contribution in [0.3, 0.4) is 0 Å². The van der Waals surface area contributed by atoms with E-state index in [2.05, 4.69) is 12.2 Å². The van der Waals surface area contributed by atoms with Crippen LogP contribution in [-0.2, 0) is 9.59 Å². The summed E-state index contributed by atoms with van der Waals surface area (Å²) in [5.74, 6) is -0.175. The van der Waals surface area contributed by atoms with Gasteiger partial charge in [-0.2, -0.15) is 0 Å². The van der Waals surface area contributed by atoms with E-state index in [1.165, 1.54) is 11.1 Å². The second-order valence-electron chi connectivity index (χ2n) is 5.76. The number of hydrogen-bond acceptors (Lipinski definition) is 2. The molecule has 1 atom stereocenters. The lowest BCUT2D eigenvalue weighted by atomic mass is 10.1. The van der Waals surface area contributed by atoms with Gasteiger partial charge in [0.05, 0.1) is 0 Å². The van der Waals surface area contributed by atoms with E-state index in [0.717, 1.165) is 5.69 Å². The largest absolute Gasteiger partial charge is 0.344 e. The molecule has 0 aromatic heterocycles. The van der Waals surface area contributed by atoms with Gasteiger partial charge in [-0.1, -0.05) is 19.9 Å². The van der Waals surface area contributed by atoms with Gasteiger partial charge in [-0.25, -0.2) is 0 Å². The van der Waals surface area contributed by atoms with Gasteiger partial charge in [0.25, 0.3) is 0 Å². The van der Waals surface area contributed by atoms with Crippen molar-refractivity contribution in [3.8, 4) is 0 Å². The van der Waals surface area contributed by atoms with Gasteiger partial charge in [0.1, 0.15) is 6.04 Å². The molecule has 4 heteroatoms. The lowest BCUT2D eigenvalue weighted by molar-refractivity contribution is -0.128. The smallest absolute Gasteiger partial charge is 0.249 e. The number of carbonyl (C=O) groups excluding carboxylic acids is 2. The fourth-order valence-electron chi connectivity index (χ4n) is 2.30. The molecule has 1 saturated heterocycles. The first-order valence-corrected chi connectivity index (χ1v) is 7.09. The SMILES string of the molecule is Cc1ccc(N2CC[C@H](NC(=O)C(C)C)C2=O)cc1C. The highest BCUT2D eigenvalue weighted by molar-refractivity contribution is 6.01. The summed E-state index contributed by atoms with van der Waals surface area (Å²) in [5.41, 5.74) is 3.30. The third kappa shape index (κ3) is 2.84. The van der Waals surface area contributed by atoms with Gasteiger partial charge in [-0.15, -0.1) is 0 Å². The predicted molar refractivity (Wildman–Crippen MR) is 79.7 cm³/mol. The molecule has 20 heavy (non-hydrogen) atoms. The number of nitrogens with one attached hydrogen (secondary N) is 1. The van der Waals surface area contributed by atoms with Crippen LogP contribution in [0.4, 0.5) is 5.69 Å². The molecule has 1 aliphatic heterocycles. The summed E-state index contributed by atoms with van der Waals surface area (Å²) in [6.45, 7) is 8.41. The van der Waals surface area contributed by atoms with Crippen molar-refractivity contribution in [2.24, 2.45) is 5.92 Å². The second kappa shape index (κ2) is 5.65. The summed E-state index contributed by atoms with van der Waals surface area (Å²) in [5, 5.41) is 2.82. The number of amides is 2. The maximum Gasteiger partial charge on any atom is 0.249 e. The first-order valence-electron chi connectivity index (χ1n) is 7.09. The molecule has 0 saturated carbocycles. The Labute approximate surface area is 120 Å². The minimum absolute atomic E-state index is 0.0118. The summed E-state index contributed by atoms with van der Waals surface area (Å²) in [7, 11) is 0. The molecule has 2 amide bonds. The van der Waals surface area contributed by atoms with Crippen molar-refractivity contribution in [2.45, 2.75) is 40.2 Å². The summed E-state index contributed by atoms with van der Waals surface area (Å²) in [6, 6.07) is 5.64. The van der Waals surface area contributed by atoms with E-state index in [9.17, 15) is 9.59 Å². The fraction of sp³-hybridized carbons (Fsp3) is 0.500. The Morgan fingerprint density at radius 2 is 2.00 bits per heavy atom. The molecule has 0 aliphatic carbocycles. The number of hydrogen-bond donors (Lipinski definition) is 1. The Kier molecular flexibility index (Phi) is 4.12. The van der Waals surface area contributed by atoms with Gasteiger partial charge in [-0.3, -0.25) is 9.59 Å². The van der Waals surface area contributed by atoms with Crippen LogP contribution in [-0.4, -0.2) is 24.4 Å². The number of carbonyl (C=O) groups is 2. The molecule has 0 spiro atoms. The summed E-state index contributed by atoms with van der Waals surface area (Å²) in [6.07, 6.45) is 0.671. The van der Waals surface area contributed by atoms with E-state index in [1.54, 1.807) is 4.90 Å². The first kappa shape index (κ1) is 14.6. The molecule has 1 N–H and O–H groups in total. The molecule has 1 fully saturated rings. The first-order chi connectivity index (χ1) is 9.40. The van der Waals surface area contributed by atoms with Gasteiger partial charge >= 0.3 is 0 Å². The molecule has 4 nitrogen and oxygen atoms in total. The van der Waals surface area contributed by atoms with E-state index in [1.807, 2.05) is 39.0 Å². The molecule has 0 bridgehead atoms. The van der Waals surface area contributed by atoms with Crippen molar-refractivity contribution in [3.05, 3.63) is 29.3 Å². The predicted octanol–water partition coefficient (Wildman–Crippen LogP) is 2.18. The summed E-state index contributed by atoms with van der Waals surface area (Å²) < 4.78 is 0. The zero-order valence-electron chi connectivity index (χ0n) is 12.6. The van der Waals surface area contributed by atoms with Crippen molar-refractivity contribution in [1.29, 1.82) is 0 Å². The highest BCUT2D eigenvalue weighted by Crippen LogP contribution is 2.24. The third-order valence-corrected chi connectivity index (χ3v) is 3.85. The van der Waals surface area contributed by atoms with E-state index < -0.39 is 0 Å². The van der Waals surface area contributed by atoms with Crippen LogP contribution in [0.25, 0.3) is 0 Å². The van der Waals surface area contributed by atoms with Crippen molar-refractivity contribution in [3.63, 3.8) is 0 Å². The van der Waals surface area contributed by atoms with Gasteiger partial charge in [-0.05, 0) is 43.5 Å². The van der Waals surface area contributed by atoms with E-state index in [0.29, 0.717) is 13.0 Å². The van der Waals surface area contributed by atoms with Gasteiger partial charge in [0.15, 0.2) is 0 Å². The Morgan fingerprint density at radius 1 is 1.30 bits per heavy atom. The van der Waals surface area contributed by atoms with Crippen LogP contribution in [0, 0.1) is 19.8 Å². The van der Waals surface area contributed by atoms with Crippen LogP contribution in [0.15, 0.2) is 18.2 Å². The lowest BCUT2D eigenvalue weighted by Crippen LogP contribution is -2.43. The lowest BCUT2D eigenvalue weighted by Gasteiger charge is -2.19. The molecular weight excluding hydrogens is 252 g/mol. The molecule has 2 rings (SSSR count). The van der Waals surface area contributed by atoms with Crippen molar-refractivity contribution >= 4 is 17.5 Å². The molecule has 0 radical (unpaired) electrons. The van der Waals surface area contributed by atoms with Crippen LogP contribution < -0.4 is 10.2 Å². The minimum atomic E-state index is -0.383. The molecular formula is C16H22N2O2. The average molecular weight is 274 g/mol. The standard InChI is InChI=1S/C16H22N2O2/c1-10(2)15(19)17-14-7-8-18(16(14)20)13-6-5-11(3)12(4)9-13/h5-6,9-10,14H,7-8H2,1-4H3,(H,17,19)/t14-/m0/s1. The van der Waals surface area contributed by atoms with Crippen LogP contribution >= 0.6 is 0 Å². The molecule has 1 aromatic rings. The maximum atomic E-state index is 12.4. The third-order valence-electron chi connectivity index (χ3n) is 3.85. The number of aryl methyl sites for hydroxylation is 2. The van der Waals surface area contributed by atoms with Crippen molar-refractivity contribution < 1.29 is 9.59 Å². The Bertz CT molecular complexity index is 537. The topological polar surface area (TPSA) is 49.4 Å². The highest BCUT2D eigenvalue weighted by Gasteiger charge is 2.33. The molecule has 1 heterocycles. The number of benzene rings is 1. The average Bonchev–Trinajstić information content (AvgIpc) is 2.74. The van der Waals surface area contributed by atoms with Gasteiger partial charge < -0.3 is 10.2 Å². The second-order valence-corrected chi connectivity index (χ2v) is 5.76. The van der Waals surface area contributed by atoms with E-state index in [4.69, 9.17) is 0 Å². The van der Waals surface area contributed by atoms with Gasteiger partial charge in [0, 0.05) is 18.2 Å². The summed E-state index contributed by atoms with van der Waals surface area (Å²) in [4.78, 5) is 25.8. The Morgan fingerprint density at radius 3 is 2.60 bits per heavy atom. The Balaban J connectivity index is 2.11. The number of anilines is 1. The summed E-state index contributed by atoms with van der Waals surface area (Å²) >= 11 is 0. The quantitative estimate of drug-likeness (QED) is 0.918. The minimum Gasteiger partial charge on any atom is -0.344 e. The molecule has 0 unspecified atom stereocenters. The molecule has 1 aromatic carbocycles. The van der Waals surface area contributed by atoms with Crippen LogP contribution in [0.1, 0.15) is 31.4 Å². The normalized spacial score (nSPS) is 18.8. The number of nitrogens with zero attached hydrogens (tertiary/aromatic N) is 1. The highest BCUT2D eigenvalue weighted by atomic mass is 16.2. The zero-order valence-corrected chi connectivity index (χ0v) is 12.6. The Hall–Kier alpha value is -1.84. The zero-order chi connectivity index (χ0) is 14.9. The number of rotatable bonds is 3. The van der Waals surface area contributed by atoms with Crippen LogP contribution in [0.5, 0.6) is 0 Å². The van der Waals surface area contributed by atoms with Crippen LogP contribution in [0.2, 0.25) is 0 Å². The van der Waals surface area contributed by atoms with Crippen molar-refractivity contribution in [1.82, 2.24) is 5.32 Å². The van der Waals surface area contributed by atoms with Crippen molar-refractivity contribution in [2.75, 3.05) is 11.4 Å².